The number of thiophene rings is 1. The third-order valence-corrected chi connectivity index (χ3v) is 9.47. The van der Waals surface area contributed by atoms with Crippen molar-refractivity contribution in [1.82, 2.24) is 4.98 Å². The Labute approximate surface area is 217 Å². The highest BCUT2D eigenvalue weighted by Gasteiger charge is 2.36. The van der Waals surface area contributed by atoms with Crippen LogP contribution in [0.25, 0.3) is 10.4 Å². The van der Waals surface area contributed by atoms with Crippen LogP contribution in [-0.4, -0.2) is 42.4 Å². The van der Waals surface area contributed by atoms with E-state index in [4.69, 9.17) is 10.5 Å². The van der Waals surface area contributed by atoms with Gasteiger partial charge in [0, 0.05) is 11.5 Å². The number of anilines is 2. The van der Waals surface area contributed by atoms with E-state index in [-0.39, 0.29) is 38.1 Å². The molecule has 1 fully saturated rings. The van der Waals surface area contributed by atoms with Gasteiger partial charge in [0.2, 0.25) is 0 Å². The molecule has 2 aromatic heterocycles. The van der Waals surface area contributed by atoms with Gasteiger partial charge in [-0.3, -0.25) is 4.79 Å². The van der Waals surface area contributed by atoms with E-state index in [0.29, 0.717) is 18.7 Å². The third-order valence-electron chi connectivity index (χ3n) is 6.16. The van der Waals surface area contributed by atoms with Gasteiger partial charge < -0.3 is 20.9 Å². The lowest BCUT2D eigenvalue weighted by Gasteiger charge is -2.18. The van der Waals surface area contributed by atoms with Crippen molar-refractivity contribution in [2.75, 3.05) is 11.9 Å². The molecule has 0 aliphatic carbocycles. The third kappa shape index (κ3) is 5.82. The van der Waals surface area contributed by atoms with Gasteiger partial charge in [0.15, 0.2) is 9.84 Å². The van der Waals surface area contributed by atoms with Crippen molar-refractivity contribution >= 4 is 37.9 Å². The lowest BCUT2D eigenvalue weighted by molar-refractivity contribution is 0.0778. The first-order chi connectivity index (χ1) is 17.3. The molecule has 1 aliphatic rings. The number of sulfone groups is 1. The fraction of sp³-hybridized carbons (Fsp3) is 0.360. The fourth-order valence-electron chi connectivity index (χ4n) is 4.19. The van der Waals surface area contributed by atoms with Gasteiger partial charge >= 0.3 is 0 Å². The summed E-state index contributed by atoms with van der Waals surface area (Å²) in [5.41, 5.74) is 4.03. The molecule has 2 atom stereocenters. The Morgan fingerprint density at radius 2 is 1.95 bits per heavy atom. The van der Waals surface area contributed by atoms with E-state index in [0.717, 1.165) is 23.5 Å². The van der Waals surface area contributed by atoms with Gasteiger partial charge in [-0.2, -0.15) is 0 Å². The molecule has 12 heteroatoms. The molecule has 1 aromatic carbocycles. The topological polar surface area (TPSA) is 132 Å². The van der Waals surface area contributed by atoms with Crippen LogP contribution in [0.2, 0.25) is 0 Å². The summed E-state index contributed by atoms with van der Waals surface area (Å²) in [5.74, 6) is -2.69. The van der Waals surface area contributed by atoms with Gasteiger partial charge in [0.05, 0.1) is 39.5 Å². The van der Waals surface area contributed by atoms with E-state index in [2.05, 4.69) is 10.3 Å². The van der Waals surface area contributed by atoms with Crippen LogP contribution in [0.3, 0.4) is 0 Å². The Morgan fingerprint density at radius 1 is 1.27 bits per heavy atom. The minimum atomic E-state index is -3.52. The molecule has 198 valence electrons. The van der Waals surface area contributed by atoms with Gasteiger partial charge in [0.25, 0.3) is 5.91 Å². The molecule has 3 heterocycles. The summed E-state index contributed by atoms with van der Waals surface area (Å²) < 4.78 is 60.9. The number of amides is 1. The number of rotatable bonds is 8. The molecule has 0 radical (unpaired) electrons. The van der Waals surface area contributed by atoms with Crippen LogP contribution < -0.4 is 11.1 Å². The predicted molar refractivity (Wildman–Crippen MR) is 137 cm³/mol. The number of ether oxygens (including phenoxy) is 1. The van der Waals surface area contributed by atoms with Crippen LogP contribution in [0.5, 0.6) is 0 Å². The largest absolute Gasteiger partial charge is 0.386 e. The van der Waals surface area contributed by atoms with Crippen molar-refractivity contribution in [3.05, 3.63) is 64.9 Å². The number of hydrogen-bond donors (Lipinski definition) is 3. The maximum absolute atomic E-state index is 14.9. The molecule has 0 bridgehead atoms. The van der Waals surface area contributed by atoms with Crippen LogP contribution in [0.15, 0.2) is 36.4 Å². The van der Waals surface area contributed by atoms with Gasteiger partial charge in [-0.05, 0) is 63.1 Å². The molecule has 8 nitrogen and oxygen atoms in total. The number of pyridine rings is 1. The number of carbonyl (C=O) groups excluding carboxylic acids is 1. The van der Waals surface area contributed by atoms with Crippen LogP contribution in [0.4, 0.5) is 19.6 Å². The molecule has 1 aliphatic heterocycles. The van der Waals surface area contributed by atoms with Crippen LogP contribution in [0.1, 0.15) is 48.8 Å². The summed E-state index contributed by atoms with van der Waals surface area (Å²) in [7, 11) is -3.52. The second kappa shape index (κ2) is 10.1. The van der Waals surface area contributed by atoms with E-state index in [9.17, 15) is 27.1 Å². The summed E-state index contributed by atoms with van der Waals surface area (Å²) in [4.78, 5) is 16.6. The van der Waals surface area contributed by atoms with E-state index < -0.39 is 44.3 Å². The number of aromatic nitrogens is 1. The minimum absolute atomic E-state index is 0.0119. The molecule has 2 unspecified atom stereocenters. The van der Waals surface area contributed by atoms with E-state index in [1.54, 1.807) is 25.1 Å². The maximum Gasteiger partial charge on any atom is 0.251 e. The quantitative estimate of drug-likeness (QED) is 0.381. The average Bonchev–Trinajstić information content (AvgIpc) is 3.39. The average molecular weight is 552 g/mol. The van der Waals surface area contributed by atoms with E-state index in [1.807, 2.05) is 0 Å². The number of aliphatic hydroxyl groups is 1. The molecule has 0 saturated carbocycles. The van der Waals surface area contributed by atoms with E-state index in [1.165, 1.54) is 19.9 Å². The van der Waals surface area contributed by atoms with Gasteiger partial charge in [-0.1, -0.05) is 6.07 Å². The van der Waals surface area contributed by atoms with Gasteiger partial charge in [0.1, 0.15) is 22.5 Å². The zero-order chi connectivity index (χ0) is 27.1. The van der Waals surface area contributed by atoms with Crippen molar-refractivity contribution in [1.29, 1.82) is 0 Å². The van der Waals surface area contributed by atoms with Crippen molar-refractivity contribution < 1.29 is 31.8 Å². The summed E-state index contributed by atoms with van der Waals surface area (Å²) in [6.07, 6.45) is 0.0259. The summed E-state index contributed by atoms with van der Waals surface area (Å²) >= 11 is 0.888. The first kappa shape index (κ1) is 27.1. The Hall–Kier alpha value is -2.93. The predicted octanol–water partition coefficient (Wildman–Crippen LogP) is 4.25. The molecule has 4 rings (SSSR count). The lowest BCUT2D eigenvalue weighted by atomic mass is 9.96. The number of nitrogens with two attached hydrogens (primary N) is 1. The molecule has 1 amide bonds. The Kier molecular flexibility index (Phi) is 7.39. The number of primary amides is 1. The fourth-order valence-corrected chi connectivity index (χ4v) is 7.22. The normalized spacial score (nSPS) is 18.2. The lowest BCUT2D eigenvalue weighted by Crippen LogP contribution is -2.29. The van der Waals surface area contributed by atoms with Crippen molar-refractivity contribution in [2.24, 2.45) is 5.73 Å². The number of carbonyl (C=O) groups is 1. The SMILES string of the molecule is CC1OCCC1S(=O)(=O)Cc1cccc(Nc2sc(-c3c(F)cc(C(C)(C)O)cc3F)cc2C(N)=O)n1. The van der Waals surface area contributed by atoms with Crippen molar-refractivity contribution in [2.45, 2.75) is 49.9 Å². The van der Waals surface area contributed by atoms with Gasteiger partial charge in [-0.15, -0.1) is 11.3 Å². The van der Waals surface area contributed by atoms with E-state index >= 15 is 0 Å². The standard InChI is InChI=1S/C25H27F2N3O5S2/c1-13-20(7-8-35-13)37(33,34)12-15-5-4-6-21(29-15)30-24-16(23(28)31)11-19(36-24)22-17(26)9-14(10-18(22)27)25(2,3)32/h4-6,9-11,13,20,32H,7-8,12H2,1-3H3,(H2,28,31)(H,29,30). The Bertz CT molecular complexity index is 1430. The highest BCUT2D eigenvalue weighted by molar-refractivity contribution is 7.91. The molecule has 37 heavy (non-hydrogen) atoms. The zero-order valence-electron chi connectivity index (χ0n) is 20.4. The second-order valence-corrected chi connectivity index (χ2v) is 12.7. The van der Waals surface area contributed by atoms with Crippen molar-refractivity contribution in [3.63, 3.8) is 0 Å². The van der Waals surface area contributed by atoms with Crippen LogP contribution in [0, 0.1) is 11.6 Å². The number of nitrogens with one attached hydrogen (secondary N) is 1. The summed E-state index contributed by atoms with van der Waals surface area (Å²) in [6, 6.07) is 8.11. The van der Waals surface area contributed by atoms with Crippen molar-refractivity contribution in [3.8, 4) is 10.4 Å². The summed E-state index contributed by atoms with van der Waals surface area (Å²) in [6.45, 7) is 4.93. The molecule has 0 spiro atoms. The first-order valence-electron chi connectivity index (χ1n) is 11.5. The Morgan fingerprint density at radius 3 is 2.51 bits per heavy atom. The molecular weight excluding hydrogens is 524 g/mol. The number of hydrogen-bond acceptors (Lipinski definition) is 8. The maximum atomic E-state index is 14.9. The minimum Gasteiger partial charge on any atom is -0.386 e. The van der Waals surface area contributed by atoms with Crippen LogP contribution in [-0.2, 0) is 25.9 Å². The number of nitrogens with zero attached hydrogens (tertiary/aromatic N) is 1. The molecule has 1 saturated heterocycles. The highest BCUT2D eigenvalue weighted by Crippen LogP contribution is 2.40. The Balaban J connectivity index is 1.64. The monoisotopic (exact) mass is 551 g/mol. The number of benzene rings is 1. The number of halogens is 2. The molecule has 4 N–H and O–H groups in total. The second-order valence-electron chi connectivity index (χ2n) is 9.44. The van der Waals surface area contributed by atoms with Gasteiger partial charge in [-0.25, -0.2) is 22.2 Å². The summed E-state index contributed by atoms with van der Waals surface area (Å²) in [5, 5.41) is 12.6. The molecular formula is C25H27F2N3O5S2. The zero-order valence-corrected chi connectivity index (χ0v) is 22.1. The smallest absolute Gasteiger partial charge is 0.251 e. The molecule has 3 aromatic rings. The first-order valence-corrected chi connectivity index (χ1v) is 14.0. The van der Waals surface area contributed by atoms with Crippen LogP contribution >= 0.6 is 11.3 Å². The highest BCUT2D eigenvalue weighted by atomic mass is 32.2.